The van der Waals surface area contributed by atoms with E-state index in [0.717, 1.165) is 22.4 Å². The van der Waals surface area contributed by atoms with Gasteiger partial charge in [0.15, 0.2) is 6.61 Å². The second-order valence-corrected chi connectivity index (χ2v) is 6.11. The van der Waals surface area contributed by atoms with Crippen molar-refractivity contribution in [3.05, 3.63) is 84.4 Å². The lowest BCUT2D eigenvalue weighted by Gasteiger charge is -2.11. The van der Waals surface area contributed by atoms with Crippen LogP contribution < -0.4 is 14.9 Å². The third kappa shape index (κ3) is 4.98. The molecule has 0 aromatic heterocycles. The maximum Gasteiger partial charge on any atom is 0.277 e. The number of benzene rings is 3. The molecule has 5 heteroatoms. The summed E-state index contributed by atoms with van der Waals surface area (Å²) in [5, 5.41) is 4.14. The van der Waals surface area contributed by atoms with Gasteiger partial charge in [-0.3, -0.25) is 4.79 Å². The van der Waals surface area contributed by atoms with Crippen LogP contribution in [0.5, 0.6) is 11.5 Å². The van der Waals surface area contributed by atoms with Crippen LogP contribution >= 0.6 is 0 Å². The predicted octanol–water partition coefficient (Wildman–Crippen LogP) is 4.28. The molecule has 5 nitrogen and oxygen atoms in total. The highest BCUT2D eigenvalue weighted by Gasteiger charge is 2.08. The average Bonchev–Trinajstić information content (AvgIpc) is 2.77. The molecule has 0 aliphatic rings. The largest absolute Gasteiger partial charge is 0.497 e. The Morgan fingerprint density at radius 1 is 0.929 bits per heavy atom. The summed E-state index contributed by atoms with van der Waals surface area (Å²) in [6.45, 7) is 1.71. The lowest BCUT2D eigenvalue weighted by Crippen LogP contribution is -2.25. The second-order valence-electron chi connectivity index (χ2n) is 6.11. The number of nitrogens with one attached hydrogen (secondary N) is 1. The molecular formula is C23H22N2O3. The zero-order chi connectivity index (χ0) is 19.8. The molecule has 142 valence electrons. The van der Waals surface area contributed by atoms with Gasteiger partial charge in [0.2, 0.25) is 0 Å². The van der Waals surface area contributed by atoms with Gasteiger partial charge in [0, 0.05) is 5.56 Å². The fraction of sp³-hybridized carbons (Fsp3) is 0.130. The molecule has 0 fully saturated rings. The summed E-state index contributed by atoms with van der Waals surface area (Å²) < 4.78 is 10.9. The molecule has 3 aromatic carbocycles. The Hall–Kier alpha value is -3.60. The molecule has 0 heterocycles. The SMILES string of the molecule is COc1ccc(C(C)=NNC(=O)COc2ccccc2-c2ccccc2)cc1. The summed E-state index contributed by atoms with van der Waals surface area (Å²) in [6, 6.07) is 25.0. The van der Waals surface area contributed by atoms with Crippen LogP contribution in [0.4, 0.5) is 0 Å². The fourth-order valence-electron chi connectivity index (χ4n) is 2.67. The predicted molar refractivity (Wildman–Crippen MR) is 111 cm³/mol. The van der Waals surface area contributed by atoms with E-state index in [1.54, 1.807) is 7.11 Å². The van der Waals surface area contributed by atoms with E-state index in [2.05, 4.69) is 10.5 Å². The first-order valence-electron chi connectivity index (χ1n) is 8.92. The molecule has 0 spiro atoms. The molecule has 0 atom stereocenters. The molecule has 1 N–H and O–H groups in total. The van der Waals surface area contributed by atoms with Crippen molar-refractivity contribution in [2.45, 2.75) is 6.92 Å². The molecule has 0 unspecified atom stereocenters. The maximum absolute atomic E-state index is 12.1. The van der Waals surface area contributed by atoms with E-state index < -0.39 is 0 Å². The number of hydrogen-bond donors (Lipinski definition) is 1. The van der Waals surface area contributed by atoms with Gasteiger partial charge in [-0.2, -0.15) is 5.10 Å². The van der Waals surface area contributed by atoms with E-state index in [9.17, 15) is 4.79 Å². The van der Waals surface area contributed by atoms with Gasteiger partial charge in [0.1, 0.15) is 11.5 Å². The zero-order valence-electron chi connectivity index (χ0n) is 15.9. The van der Waals surface area contributed by atoms with Gasteiger partial charge in [-0.15, -0.1) is 0 Å². The number of carbonyl (C=O) groups is 1. The smallest absolute Gasteiger partial charge is 0.277 e. The highest BCUT2D eigenvalue weighted by atomic mass is 16.5. The number of hydrogen-bond acceptors (Lipinski definition) is 4. The minimum atomic E-state index is -0.323. The molecule has 1 amide bonds. The highest BCUT2D eigenvalue weighted by molar-refractivity contribution is 5.99. The van der Waals surface area contributed by atoms with E-state index in [0.29, 0.717) is 11.5 Å². The normalized spacial score (nSPS) is 11.0. The molecular weight excluding hydrogens is 352 g/mol. The van der Waals surface area contributed by atoms with Gasteiger partial charge >= 0.3 is 0 Å². The summed E-state index contributed by atoms with van der Waals surface area (Å²) >= 11 is 0. The lowest BCUT2D eigenvalue weighted by atomic mass is 10.1. The number of methoxy groups -OCH3 is 1. The van der Waals surface area contributed by atoms with E-state index >= 15 is 0 Å². The summed E-state index contributed by atoms with van der Waals surface area (Å²) in [5.74, 6) is 1.10. The molecule has 0 aliphatic heterocycles. The van der Waals surface area contributed by atoms with E-state index in [1.165, 1.54) is 0 Å². The monoisotopic (exact) mass is 374 g/mol. The van der Waals surface area contributed by atoms with Gasteiger partial charge < -0.3 is 9.47 Å². The molecule has 3 rings (SSSR count). The van der Waals surface area contributed by atoms with Crippen LogP contribution in [0.25, 0.3) is 11.1 Å². The highest BCUT2D eigenvalue weighted by Crippen LogP contribution is 2.29. The molecule has 0 saturated carbocycles. The van der Waals surface area contributed by atoms with Crippen molar-refractivity contribution in [3.63, 3.8) is 0 Å². The van der Waals surface area contributed by atoms with Crippen LogP contribution in [-0.4, -0.2) is 25.3 Å². The Balaban J connectivity index is 1.60. The number of para-hydroxylation sites is 1. The zero-order valence-corrected chi connectivity index (χ0v) is 15.9. The standard InChI is InChI=1S/C23H22N2O3/c1-17(18-12-14-20(27-2)15-13-18)24-25-23(26)16-28-22-11-7-6-10-21(22)19-8-4-3-5-9-19/h3-15H,16H2,1-2H3,(H,25,26). The summed E-state index contributed by atoms with van der Waals surface area (Å²) in [5.41, 5.74) is 6.10. The van der Waals surface area contributed by atoms with E-state index in [1.807, 2.05) is 85.8 Å². The van der Waals surface area contributed by atoms with Gasteiger partial charge in [0.25, 0.3) is 5.91 Å². The lowest BCUT2D eigenvalue weighted by molar-refractivity contribution is -0.123. The molecule has 0 radical (unpaired) electrons. The Bertz CT molecular complexity index is 951. The Labute approximate surface area is 164 Å². The number of amides is 1. The number of carbonyl (C=O) groups excluding carboxylic acids is 1. The van der Waals surface area contributed by atoms with Crippen LogP contribution in [0.1, 0.15) is 12.5 Å². The third-order valence-corrected chi connectivity index (χ3v) is 4.19. The fourth-order valence-corrected chi connectivity index (χ4v) is 2.67. The van der Waals surface area contributed by atoms with Crippen LogP contribution in [0.15, 0.2) is 84.0 Å². The number of hydrazone groups is 1. The van der Waals surface area contributed by atoms with Crippen LogP contribution in [0.2, 0.25) is 0 Å². The number of rotatable bonds is 7. The van der Waals surface area contributed by atoms with Crippen LogP contribution in [-0.2, 0) is 4.79 Å². The number of nitrogens with zero attached hydrogens (tertiary/aromatic N) is 1. The molecule has 0 saturated heterocycles. The van der Waals surface area contributed by atoms with E-state index in [4.69, 9.17) is 9.47 Å². The van der Waals surface area contributed by atoms with Crippen LogP contribution in [0.3, 0.4) is 0 Å². The summed E-state index contributed by atoms with van der Waals surface area (Å²) in [4.78, 5) is 12.1. The first kappa shape index (κ1) is 19.2. The summed E-state index contributed by atoms with van der Waals surface area (Å²) in [6.07, 6.45) is 0. The topological polar surface area (TPSA) is 59.9 Å². The average molecular weight is 374 g/mol. The van der Waals surface area contributed by atoms with Crippen molar-refractivity contribution in [2.24, 2.45) is 5.10 Å². The number of ether oxygens (including phenoxy) is 2. The Morgan fingerprint density at radius 3 is 2.32 bits per heavy atom. The van der Waals surface area contributed by atoms with Gasteiger partial charge in [-0.05, 0) is 48.4 Å². The first-order valence-corrected chi connectivity index (χ1v) is 8.92. The Morgan fingerprint density at radius 2 is 1.61 bits per heavy atom. The van der Waals surface area contributed by atoms with E-state index in [-0.39, 0.29) is 12.5 Å². The van der Waals surface area contributed by atoms with Crippen molar-refractivity contribution < 1.29 is 14.3 Å². The quantitative estimate of drug-likeness (QED) is 0.496. The van der Waals surface area contributed by atoms with Crippen LogP contribution in [0, 0.1) is 0 Å². The minimum Gasteiger partial charge on any atom is -0.497 e. The van der Waals surface area contributed by atoms with Gasteiger partial charge in [-0.1, -0.05) is 48.5 Å². The van der Waals surface area contributed by atoms with Crippen molar-refractivity contribution in [1.29, 1.82) is 0 Å². The van der Waals surface area contributed by atoms with Crippen molar-refractivity contribution in [2.75, 3.05) is 13.7 Å². The first-order chi connectivity index (χ1) is 13.7. The van der Waals surface area contributed by atoms with Gasteiger partial charge in [0.05, 0.1) is 12.8 Å². The molecule has 0 aliphatic carbocycles. The minimum absolute atomic E-state index is 0.122. The third-order valence-electron chi connectivity index (χ3n) is 4.19. The second kappa shape index (κ2) is 9.37. The van der Waals surface area contributed by atoms with Crippen molar-refractivity contribution >= 4 is 11.6 Å². The molecule has 3 aromatic rings. The van der Waals surface area contributed by atoms with Gasteiger partial charge in [-0.25, -0.2) is 5.43 Å². The Kier molecular flexibility index (Phi) is 6.41. The molecule has 0 bridgehead atoms. The van der Waals surface area contributed by atoms with Crippen molar-refractivity contribution in [3.8, 4) is 22.6 Å². The maximum atomic E-state index is 12.1. The molecule has 28 heavy (non-hydrogen) atoms. The summed E-state index contributed by atoms with van der Waals surface area (Å²) in [7, 11) is 1.62. The van der Waals surface area contributed by atoms with Crippen molar-refractivity contribution in [1.82, 2.24) is 5.43 Å².